The molecule has 0 atom stereocenters. The number of hydrogen-bond donors (Lipinski definition) is 5. The van der Waals surface area contributed by atoms with Gasteiger partial charge in [-0.3, -0.25) is 0 Å². The van der Waals surface area contributed by atoms with Crippen LogP contribution in [0.25, 0.3) is 0 Å². The molecule has 0 heterocycles. The predicted octanol–water partition coefficient (Wildman–Crippen LogP) is -0.384. The molecule has 0 aromatic carbocycles. The van der Waals surface area contributed by atoms with Gasteiger partial charge in [-0.1, -0.05) is 0 Å². The van der Waals surface area contributed by atoms with Crippen molar-refractivity contribution in [2.24, 2.45) is 0 Å². The third-order valence-corrected chi connectivity index (χ3v) is 0. The Morgan fingerprint density at radius 3 is 0.400 bits per heavy atom. The van der Waals surface area contributed by atoms with Crippen molar-refractivity contribution < 1.29 is 88.9 Å². The van der Waals surface area contributed by atoms with Gasteiger partial charge in [-0.05, 0) is 0 Å². The maximum atomic E-state index is 0. The molecule has 0 rings (SSSR count). The van der Waals surface area contributed by atoms with E-state index in [-0.39, 0.29) is 137 Å². The van der Waals surface area contributed by atoms with Crippen molar-refractivity contribution in [3.63, 3.8) is 0 Å². The molecule has 10 heteroatoms. The van der Waals surface area contributed by atoms with Crippen LogP contribution in [0.15, 0.2) is 0 Å². The minimum atomic E-state index is 0. The van der Waals surface area contributed by atoms with Gasteiger partial charge in [0, 0.05) is 88.9 Å². The van der Waals surface area contributed by atoms with Gasteiger partial charge in [-0.25, -0.2) is 0 Å². The minimum absolute atomic E-state index is 0. The van der Waals surface area contributed by atoms with Crippen molar-refractivity contribution in [2.45, 2.75) is 0 Å². The average Bonchev–Trinajstić information content (AvgIpc) is 0. The molecular formula is H18AlN5Ta3Ti. The molecule has 5 nitrogen and oxygen atoms in total. The van der Waals surface area contributed by atoms with Crippen LogP contribution in [0, 0.1) is 0 Å². The molecule has 3 radical (unpaired) electrons. The molecule has 0 aliphatic carbocycles. The molecule has 0 saturated heterocycles. The van der Waals surface area contributed by atoms with E-state index in [1.54, 1.807) is 0 Å². The fourth-order valence-corrected chi connectivity index (χ4v) is 0. The smallest absolute Gasteiger partial charge is 0.187 e. The fraction of sp³-hybridized carbons (Fsp3) is 0. The van der Waals surface area contributed by atoms with E-state index < -0.39 is 0 Å². The summed E-state index contributed by atoms with van der Waals surface area (Å²) in [5.41, 5.74) is 0. The standard InChI is InChI=1S/Al.5H3N.3Ta.Ti.3H/h;5*1H3;;;;;;;. The van der Waals surface area contributed by atoms with Crippen molar-refractivity contribution in [1.29, 1.82) is 0 Å². The predicted molar refractivity (Wildman–Crippen MR) is 35.0 cm³/mol. The van der Waals surface area contributed by atoms with Crippen LogP contribution in [0.4, 0.5) is 0 Å². The van der Waals surface area contributed by atoms with Crippen molar-refractivity contribution in [1.82, 2.24) is 30.8 Å². The topological polar surface area (TPSA) is 175 Å². The van der Waals surface area contributed by atoms with Crippen LogP contribution in [0.1, 0.15) is 0 Å². The van der Waals surface area contributed by atoms with Crippen molar-refractivity contribution in [3.8, 4) is 0 Å². The summed E-state index contributed by atoms with van der Waals surface area (Å²) in [7, 11) is 0. The van der Waals surface area contributed by atoms with E-state index in [4.69, 9.17) is 0 Å². The van der Waals surface area contributed by atoms with E-state index in [0.29, 0.717) is 0 Å². The molecule has 10 heavy (non-hydrogen) atoms. The Morgan fingerprint density at radius 1 is 0.400 bits per heavy atom. The van der Waals surface area contributed by atoms with Crippen LogP contribution in [0.5, 0.6) is 0 Å². The Balaban J connectivity index is 0. The van der Waals surface area contributed by atoms with Gasteiger partial charge in [0.25, 0.3) is 0 Å². The van der Waals surface area contributed by atoms with Crippen molar-refractivity contribution in [2.75, 3.05) is 0 Å². The SMILES string of the molecule is N.N.N.N.N.[AlH3].[Ta].[Ta].[Ta].[Ti]. The van der Waals surface area contributed by atoms with Gasteiger partial charge in [-0.2, -0.15) is 0 Å². The maximum absolute atomic E-state index is 0. The first-order valence-electron chi connectivity index (χ1n) is 0. The second-order valence-corrected chi connectivity index (χ2v) is 0. The zero-order valence-corrected chi connectivity index (χ0v) is 16.6. The molecule has 0 spiro atoms. The Bertz CT molecular complexity index is 16.9. The van der Waals surface area contributed by atoms with Gasteiger partial charge < -0.3 is 30.8 Å². The van der Waals surface area contributed by atoms with Crippen LogP contribution < -0.4 is 30.8 Å². The molecule has 0 unspecified atom stereocenters. The van der Waals surface area contributed by atoms with E-state index in [1.807, 2.05) is 0 Å². The van der Waals surface area contributed by atoms with E-state index in [1.165, 1.54) is 0 Å². The van der Waals surface area contributed by atoms with Gasteiger partial charge in [0.2, 0.25) is 0 Å². The molecule has 15 N–H and O–H groups in total. The van der Waals surface area contributed by atoms with Crippen LogP contribution >= 0.6 is 0 Å². The minimum Gasteiger partial charge on any atom is -0.344 e. The summed E-state index contributed by atoms with van der Waals surface area (Å²) in [5.74, 6) is 0. The first kappa shape index (κ1) is 187. The van der Waals surface area contributed by atoms with Gasteiger partial charge in [-0.15, -0.1) is 0 Å². The summed E-state index contributed by atoms with van der Waals surface area (Å²) in [6, 6.07) is 0. The number of hydrogen-bond acceptors (Lipinski definition) is 5. The first-order valence-corrected chi connectivity index (χ1v) is 0. The fourth-order valence-electron chi connectivity index (χ4n) is 0. The summed E-state index contributed by atoms with van der Waals surface area (Å²) in [6.07, 6.45) is 0. The van der Waals surface area contributed by atoms with Crippen LogP contribution in [-0.2, 0) is 88.9 Å². The normalized spacial score (nSPS) is 0. The Labute approximate surface area is 135 Å². The molecule has 0 saturated carbocycles. The summed E-state index contributed by atoms with van der Waals surface area (Å²) >= 11 is 0. The zero-order chi connectivity index (χ0) is 0. The third-order valence-electron chi connectivity index (χ3n) is 0. The van der Waals surface area contributed by atoms with Crippen LogP contribution in [-0.4, -0.2) is 17.4 Å². The molecule has 0 aliphatic rings. The zero-order valence-electron chi connectivity index (χ0n) is 5.38. The van der Waals surface area contributed by atoms with Crippen molar-refractivity contribution in [3.05, 3.63) is 0 Å². The summed E-state index contributed by atoms with van der Waals surface area (Å²) in [4.78, 5) is 0. The van der Waals surface area contributed by atoms with Crippen LogP contribution in [0.3, 0.4) is 0 Å². The summed E-state index contributed by atoms with van der Waals surface area (Å²) < 4.78 is 0. The average molecular weight is 706 g/mol. The van der Waals surface area contributed by atoms with Crippen LogP contribution in [0.2, 0.25) is 0 Å². The summed E-state index contributed by atoms with van der Waals surface area (Å²) in [5, 5.41) is 0. The third kappa shape index (κ3) is 111. The van der Waals surface area contributed by atoms with Gasteiger partial charge >= 0.3 is 0 Å². The molecular weight excluding hydrogens is 688 g/mol. The summed E-state index contributed by atoms with van der Waals surface area (Å²) in [6.45, 7) is 0. The van der Waals surface area contributed by atoms with Gasteiger partial charge in [0.05, 0.1) is 0 Å². The second-order valence-electron chi connectivity index (χ2n) is 0. The number of rotatable bonds is 0. The van der Waals surface area contributed by atoms with E-state index >= 15 is 0 Å². The second kappa shape index (κ2) is 146. The molecule has 0 aromatic rings. The molecule has 0 bridgehead atoms. The largest absolute Gasteiger partial charge is 0.344 e. The van der Waals surface area contributed by atoms with Gasteiger partial charge in [0.1, 0.15) is 0 Å². The molecule has 0 amide bonds. The Kier molecular flexibility index (Phi) is 2730. The van der Waals surface area contributed by atoms with Crippen molar-refractivity contribution >= 4 is 17.4 Å². The Hall–Kier alpha value is 3.27. The quantitative estimate of drug-likeness (QED) is 0.216. The Morgan fingerprint density at radius 2 is 0.400 bits per heavy atom. The molecule has 0 fully saturated rings. The van der Waals surface area contributed by atoms with E-state index in [0.717, 1.165) is 0 Å². The first-order chi connectivity index (χ1) is 0. The van der Waals surface area contributed by atoms with E-state index in [9.17, 15) is 0 Å². The monoisotopic (exact) mass is 706 g/mol. The maximum Gasteiger partial charge on any atom is 0.187 e. The molecule has 65 valence electrons. The molecule has 0 aromatic heterocycles. The molecule has 0 aliphatic heterocycles. The van der Waals surface area contributed by atoms with E-state index in [2.05, 4.69) is 0 Å². The van der Waals surface area contributed by atoms with Gasteiger partial charge in [0.15, 0.2) is 17.4 Å².